The number of aliphatic imine (C=N–C) groups is 2. The number of para-hydroxylation sites is 1. The SMILES string of the molecule is N=C(N=C(N=Cc1c2ccccc2cc2c1ccc1ccccc12)c1cccc(-c2cccc3oc4ccccc4c23)c1)c1ccc(-c2ccccc2)cc1. The summed E-state index contributed by atoms with van der Waals surface area (Å²) in [4.78, 5) is 10.1. The van der Waals surface area contributed by atoms with Gasteiger partial charge >= 0.3 is 0 Å². The van der Waals surface area contributed by atoms with E-state index < -0.39 is 0 Å². The zero-order valence-corrected chi connectivity index (χ0v) is 29.8. The van der Waals surface area contributed by atoms with Crippen LogP contribution in [-0.2, 0) is 0 Å². The molecule has 0 fully saturated rings. The maximum Gasteiger partial charge on any atom is 0.161 e. The lowest BCUT2D eigenvalue weighted by atomic mass is 9.94. The predicted octanol–water partition coefficient (Wildman–Crippen LogP) is 13.3. The molecule has 9 aromatic carbocycles. The summed E-state index contributed by atoms with van der Waals surface area (Å²) in [7, 11) is 0. The molecule has 4 nitrogen and oxygen atoms in total. The summed E-state index contributed by atoms with van der Waals surface area (Å²) < 4.78 is 6.24. The van der Waals surface area contributed by atoms with Crippen LogP contribution < -0.4 is 0 Å². The normalized spacial score (nSPS) is 12.1. The van der Waals surface area contributed by atoms with Crippen LogP contribution in [0.25, 0.3) is 76.5 Å². The second-order valence-corrected chi connectivity index (χ2v) is 13.7. The van der Waals surface area contributed by atoms with Crippen molar-refractivity contribution in [3.8, 4) is 22.3 Å². The number of hydrogen-bond acceptors (Lipinski definition) is 2. The Morgan fingerprint density at radius 1 is 0.455 bits per heavy atom. The second-order valence-electron chi connectivity index (χ2n) is 13.7. The molecule has 0 aliphatic carbocycles. The summed E-state index contributed by atoms with van der Waals surface area (Å²) in [6, 6.07) is 64.5. The van der Waals surface area contributed by atoms with Gasteiger partial charge in [0.05, 0.1) is 0 Å². The van der Waals surface area contributed by atoms with Crippen LogP contribution in [0.1, 0.15) is 16.7 Å². The van der Waals surface area contributed by atoms with Gasteiger partial charge in [0.15, 0.2) is 11.7 Å². The number of rotatable bonds is 5. The Bertz CT molecular complexity index is 3150. The lowest BCUT2D eigenvalue weighted by Crippen LogP contribution is -2.05. The molecule has 1 heterocycles. The molecule has 1 aromatic heterocycles. The van der Waals surface area contributed by atoms with Crippen LogP contribution >= 0.6 is 0 Å². The van der Waals surface area contributed by atoms with E-state index >= 15 is 0 Å². The van der Waals surface area contributed by atoms with Gasteiger partial charge in [-0.2, -0.15) is 0 Å². The van der Waals surface area contributed by atoms with Crippen LogP contribution in [0.15, 0.2) is 202 Å². The van der Waals surface area contributed by atoms with E-state index in [1.807, 2.05) is 91.1 Å². The number of furan rings is 1. The summed E-state index contributed by atoms with van der Waals surface area (Å²) in [5, 5.41) is 18.3. The Labute approximate surface area is 317 Å². The highest BCUT2D eigenvalue weighted by molar-refractivity contribution is 6.22. The second kappa shape index (κ2) is 13.5. The van der Waals surface area contributed by atoms with Crippen molar-refractivity contribution >= 4 is 72.1 Å². The van der Waals surface area contributed by atoms with Gasteiger partial charge in [0.1, 0.15) is 11.2 Å². The fourth-order valence-electron chi connectivity index (χ4n) is 7.75. The lowest BCUT2D eigenvalue weighted by Gasteiger charge is -2.11. The van der Waals surface area contributed by atoms with Crippen LogP contribution in [0.5, 0.6) is 0 Å². The van der Waals surface area contributed by atoms with Crippen molar-refractivity contribution < 1.29 is 4.42 Å². The minimum absolute atomic E-state index is 0.133. The number of hydrogen-bond donors (Lipinski definition) is 1. The molecule has 0 saturated heterocycles. The van der Waals surface area contributed by atoms with Crippen LogP contribution in [0.3, 0.4) is 0 Å². The van der Waals surface area contributed by atoms with Crippen molar-refractivity contribution in [1.82, 2.24) is 0 Å². The smallest absolute Gasteiger partial charge is 0.161 e. The van der Waals surface area contributed by atoms with E-state index in [4.69, 9.17) is 14.4 Å². The third-order valence-electron chi connectivity index (χ3n) is 10.4. The van der Waals surface area contributed by atoms with E-state index in [9.17, 15) is 5.41 Å². The molecule has 0 aliphatic rings. The molecule has 4 heteroatoms. The fourth-order valence-corrected chi connectivity index (χ4v) is 7.75. The van der Waals surface area contributed by atoms with Gasteiger partial charge in [0.2, 0.25) is 0 Å². The summed E-state index contributed by atoms with van der Waals surface area (Å²) in [5.74, 6) is 0.582. The molecule has 55 heavy (non-hydrogen) atoms. The predicted molar refractivity (Wildman–Crippen MR) is 231 cm³/mol. The number of benzene rings is 9. The van der Waals surface area contributed by atoms with Gasteiger partial charge in [-0.05, 0) is 78.8 Å². The van der Waals surface area contributed by atoms with E-state index in [2.05, 4.69) is 103 Å². The molecule has 0 atom stereocenters. The average Bonchev–Trinajstić information content (AvgIpc) is 3.64. The van der Waals surface area contributed by atoms with Crippen molar-refractivity contribution in [3.63, 3.8) is 0 Å². The van der Waals surface area contributed by atoms with Crippen molar-refractivity contribution in [3.05, 3.63) is 205 Å². The summed E-state index contributed by atoms with van der Waals surface area (Å²) >= 11 is 0. The first-order valence-corrected chi connectivity index (χ1v) is 18.4. The first kappa shape index (κ1) is 32.2. The number of fused-ring (bicyclic) bond motifs is 7. The van der Waals surface area contributed by atoms with Crippen LogP contribution in [0.4, 0.5) is 0 Å². The van der Waals surface area contributed by atoms with Crippen molar-refractivity contribution in [1.29, 1.82) is 5.41 Å². The molecule has 0 saturated carbocycles. The van der Waals surface area contributed by atoms with Crippen molar-refractivity contribution in [2.24, 2.45) is 9.98 Å². The number of nitrogens with zero attached hydrogens (tertiary/aromatic N) is 2. The molecule has 0 unspecified atom stereocenters. The van der Waals surface area contributed by atoms with E-state index in [1.165, 1.54) is 16.2 Å². The fraction of sp³-hybridized carbons (Fsp3) is 0. The topological polar surface area (TPSA) is 61.7 Å². The zero-order chi connectivity index (χ0) is 36.7. The van der Waals surface area contributed by atoms with Crippen LogP contribution in [0.2, 0.25) is 0 Å². The van der Waals surface area contributed by atoms with Crippen LogP contribution in [-0.4, -0.2) is 17.9 Å². The van der Waals surface area contributed by atoms with Crippen molar-refractivity contribution in [2.45, 2.75) is 0 Å². The Kier molecular flexibility index (Phi) is 7.93. The van der Waals surface area contributed by atoms with Gasteiger partial charge in [-0.15, -0.1) is 0 Å². The number of nitrogens with one attached hydrogen (secondary N) is 1. The summed E-state index contributed by atoms with van der Waals surface area (Å²) in [5.41, 5.74) is 8.51. The first-order chi connectivity index (χ1) is 27.2. The van der Waals surface area contributed by atoms with E-state index in [0.29, 0.717) is 11.4 Å². The largest absolute Gasteiger partial charge is 0.456 e. The minimum atomic E-state index is 0.133. The van der Waals surface area contributed by atoms with E-state index in [-0.39, 0.29) is 5.84 Å². The summed E-state index contributed by atoms with van der Waals surface area (Å²) in [6.07, 6.45) is 1.93. The zero-order valence-electron chi connectivity index (χ0n) is 29.8. The molecule has 1 N–H and O–H groups in total. The molecular weight excluding hydrogens is 671 g/mol. The lowest BCUT2D eigenvalue weighted by molar-refractivity contribution is 0.669. The maximum absolute atomic E-state index is 9.24. The molecule has 0 amide bonds. The Hall–Kier alpha value is -7.43. The first-order valence-electron chi connectivity index (χ1n) is 18.4. The van der Waals surface area contributed by atoms with Gasteiger partial charge in [-0.1, -0.05) is 164 Å². The monoisotopic (exact) mass is 703 g/mol. The number of amidine groups is 2. The molecule has 258 valence electrons. The summed E-state index contributed by atoms with van der Waals surface area (Å²) in [6.45, 7) is 0. The quantitative estimate of drug-likeness (QED) is 0.0825. The Balaban J connectivity index is 1.13. The van der Waals surface area contributed by atoms with Gasteiger partial charge in [0.25, 0.3) is 0 Å². The van der Waals surface area contributed by atoms with Gasteiger partial charge in [-0.25, -0.2) is 9.98 Å². The Morgan fingerprint density at radius 2 is 1.13 bits per heavy atom. The van der Waals surface area contributed by atoms with Crippen LogP contribution in [0, 0.1) is 5.41 Å². The molecule has 0 aliphatic heterocycles. The maximum atomic E-state index is 9.24. The molecule has 10 rings (SSSR count). The third kappa shape index (κ3) is 5.87. The highest BCUT2D eigenvalue weighted by atomic mass is 16.3. The average molecular weight is 704 g/mol. The molecule has 0 spiro atoms. The highest BCUT2D eigenvalue weighted by Crippen LogP contribution is 2.37. The Morgan fingerprint density at radius 3 is 1.98 bits per heavy atom. The molecule has 0 radical (unpaired) electrons. The molecule has 0 bridgehead atoms. The van der Waals surface area contributed by atoms with Gasteiger partial charge in [0, 0.05) is 33.7 Å². The van der Waals surface area contributed by atoms with Crippen molar-refractivity contribution in [2.75, 3.05) is 0 Å². The van der Waals surface area contributed by atoms with E-state index in [0.717, 1.165) is 71.5 Å². The van der Waals surface area contributed by atoms with Gasteiger partial charge < -0.3 is 4.42 Å². The standard InChI is InChI=1S/C51H33N3O/c52-50(36-26-24-34(25-27-36)33-12-2-1-3-13-33)54-51(39-17-10-16-37(30-39)42-21-11-23-48-49(42)44-20-8-9-22-47(44)55-48)53-32-46-41-19-7-5-15-38(41)31-45-40-18-6-4-14-35(40)28-29-43(45)46/h1-32,52H. The molecule has 10 aromatic rings. The third-order valence-corrected chi connectivity index (χ3v) is 10.4. The minimum Gasteiger partial charge on any atom is -0.456 e. The van der Waals surface area contributed by atoms with Gasteiger partial charge in [-0.3, -0.25) is 5.41 Å². The molecular formula is C51H33N3O. The highest BCUT2D eigenvalue weighted by Gasteiger charge is 2.15. The van der Waals surface area contributed by atoms with E-state index in [1.54, 1.807) is 0 Å².